The first-order chi connectivity index (χ1) is 6.20. The summed E-state index contributed by atoms with van der Waals surface area (Å²) in [6, 6.07) is 0. The number of hydrogen-bond donors (Lipinski definition) is 2. The van der Waals surface area contributed by atoms with Crippen LogP contribution in [-0.4, -0.2) is 6.21 Å². The minimum atomic E-state index is -0.667. The molecule has 0 saturated heterocycles. The molecule has 0 aliphatic rings. The van der Waals surface area contributed by atoms with Gasteiger partial charge in [0.05, 0.1) is 6.21 Å². The van der Waals surface area contributed by atoms with E-state index >= 15 is 0 Å². The number of nitrogens with one attached hydrogen (secondary N) is 1. The van der Waals surface area contributed by atoms with Crippen LogP contribution in [0, 0.1) is 5.41 Å². The molecule has 0 spiro atoms. The van der Waals surface area contributed by atoms with Gasteiger partial charge < -0.3 is 11.1 Å². The summed E-state index contributed by atoms with van der Waals surface area (Å²) in [7, 11) is 0. The molecule has 0 radical (unpaired) electrons. The zero-order valence-electron chi connectivity index (χ0n) is 6.87. The zero-order valence-corrected chi connectivity index (χ0v) is 6.87. The SMILES string of the molecule is N=C/C(F)=C/C=C/C=C/C(F)=C/N. The second kappa shape index (κ2) is 6.97. The summed E-state index contributed by atoms with van der Waals surface area (Å²) in [6.45, 7) is 0. The minimum absolute atomic E-state index is 0.568. The number of nitrogens with two attached hydrogens (primary N) is 1. The molecule has 0 saturated carbocycles. The fourth-order valence-corrected chi connectivity index (χ4v) is 0.463. The zero-order chi connectivity index (χ0) is 10.1. The van der Waals surface area contributed by atoms with Crippen molar-refractivity contribution >= 4 is 6.21 Å². The van der Waals surface area contributed by atoms with Crippen molar-refractivity contribution in [3.05, 3.63) is 48.2 Å². The average Bonchev–Trinajstić information content (AvgIpc) is 2.16. The van der Waals surface area contributed by atoms with E-state index in [0.29, 0.717) is 6.21 Å². The van der Waals surface area contributed by atoms with E-state index < -0.39 is 11.7 Å². The highest BCUT2D eigenvalue weighted by Crippen LogP contribution is 1.96. The molecule has 0 aromatic carbocycles. The fraction of sp³-hybridized carbons (Fsp3) is 0. The standard InChI is InChI=1S/C9H10F2N2/c10-8(6-12)4-2-1-3-5-9(11)7-13/h1-7,12H,13H2/b2-1+,5-3+,8-4-,9-7-,12-6?. The molecule has 0 fully saturated rings. The highest BCUT2D eigenvalue weighted by molar-refractivity contribution is 5.72. The highest BCUT2D eigenvalue weighted by Gasteiger charge is 1.81. The Labute approximate surface area is 75.3 Å². The van der Waals surface area contributed by atoms with Crippen LogP contribution in [0.25, 0.3) is 0 Å². The topological polar surface area (TPSA) is 49.9 Å². The molecule has 0 aromatic heterocycles. The van der Waals surface area contributed by atoms with Crippen LogP contribution in [0.3, 0.4) is 0 Å². The summed E-state index contributed by atoms with van der Waals surface area (Å²) < 4.78 is 24.5. The maximum atomic E-state index is 12.3. The lowest BCUT2D eigenvalue weighted by atomic mass is 10.4. The van der Waals surface area contributed by atoms with Gasteiger partial charge in [0.15, 0.2) is 0 Å². The summed E-state index contributed by atoms with van der Waals surface area (Å²) in [5.41, 5.74) is 4.84. The summed E-state index contributed by atoms with van der Waals surface area (Å²) in [5.74, 6) is -1.24. The third-order valence-corrected chi connectivity index (χ3v) is 1.03. The average molecular weight is 184 g/mol. The number of allylic oxidation sites excluding steroid dienone is 7. The Bertz CT molecular complexity index is 275. The third-order valence-electron chi connectivity index (χ3n) is 1.03. The second-order valence-electron chi connectivity index (χ2n) is 1.99. The third kappa shape index (κ3) is 6.68. The second-order valence-corrected chi connectivity index (χ2v) is 1.99. The Morgan fingerprint density at radius 2 is 1.77 bits per heavy atom. The van der Waals surface area contributed by atoms with E-state index in [0.717, 1.165) is 18.4 Å². The van der Waals surface area contributed by atoms with Crippen LogP contribution >= 0.6 is 0 Å². The van der Waals surface area contributed by atoms with Crippen LogP contribution in [0.1, 0.15) is 0 Å². The van der Waals surface area contributed by atoms with E-state index in [9.17, 15) is 8.78 Å². The first-order valence-electron chi connectivity index (χ1n) is 3.49. The molecule has 0 heterocycles. The molecule has 0 aliphatic heterocycles. The Morgan fingerprint density at radius 1 is 1.08 bits per heavy atom. The molecule has 0 amide bonds. The van der Waals surface area contributed by atoms with E-state index in [1.54, 1.807) is 0 Å². The van der Waals surface area contributed by atoms with Crippen LogP contribution in [0.5, 0.6) is 0 Å². The van der Waals surface area contributed by atoms with Gasteiger partial charge in [0, 0.05) is 6.20 Å². The van der Waals surface area contributed by atoms with Gasteiger partial charge in [-0.15, -0.1) is 0 Å². The summed E-state index contributed by atoms with van der Waals surface area (Å²) in [4.78, 5) is 0. The fourth-order valence-electron chi connectivity index (χ4n) is 0.463. The lowest BCUT2D eigenvalue weighted by Crippen LogP contribution is -1.77. The van der Waals surface area contributed by atoms with Gasteiger partial charge in [-0.1, -0.05) is 18.2 Å². The molecule has 0 aromatic rings. The highest BCUT2D eigenvalue weighted by atomic mass is 19.1. The maximum absolute atomic E-state index is 12.3. The minimum Gasteiger partial charge on any atom is -0.402 e. The van der Waals surface area contributed by atoms with Gasteiger partial charge >= 0.3 is 0 Å². The number of rotatable bonds is 4. The van der Waals surface area contributed by atoms with Gasteiger partial charge in [0.1, 0.15) is 11.7 Å². The van der Waals surface area contributed by atoms with E-state index in [1.807, 2.05) is 0 Å². The number of halogens is 2. The van der Waals surface area contributed by atoms with Crippen molar-refractivity contribution in [2.75, 3.05) is 0 Å². The van der Waals surface area contributed by atoms with Gasteiger partial charge in [-0.05, 0) is 12.2 Å². The first kappa shape index (κ1) is 11.3. The predicted octanol–water partition coefficient (Wildman–Crippen LogP) is 2.37. The van der Waals surface area contributed by atoms with E-state index in [2.05, 4.69) is 0 Å². The van der Waals surface area contributed by atoms with Crippen LogP contribution in [0.15, 0.2) is 48.2 Å². The maximum Gasteiger partial charge on any atom is 0.140 e. The molecule has 0 atom stereocenters. The Balaban J connectivity index is 4.02. The lowest BCUT2D eigenvalue weighted by molar-refractivity contribution is 0.663. The molecule has 0 aliphatic carbocycles. The summed E-state index contributed by atoms with van der Waals surface area (Å²) in [5, 5.41) is 6.48. The van der Waals surface area contributed by atoms with Crippen molar-refractivity contribution in [1.29, 1.82) is 5.41 Å². The quantitative estimate of drug-likeness (QED) is 0.511. The molecule has 0 rings (SSSR count). The smallest absolute Gasteiger partial charge is 0.140 e. The van der Waals surface area contributed by atoms with Crippen LogP contribution < -0.4 is 5.73 Å². The Morgan fingerprint density at radius 3 is 2.31 bits per heavy atom. The van der Waals surface area contributed by atoms with Crippen molar-refractivity contribution in [1.82, 2.24) is 0 Å². The summed E-state index contributed by atoms with van der Waals surface area (Å²) in [6.07, 6.45) is 7.75. The van der Waals surface area contributed by atoms with Crippen molar-refractivity contribution in [2.24, 2.45) is 5.73 Å². The molecule has 2 nitrogen and oxygen atoms in total. The van der Waals surface area contributed by atoms with Gasteiger partial charge in [0.25, 0.3) is 0 Å². The van der Waals surface area contributed by atoms with Crippen molar-refractivity contribution in [3.8, 4) is 0 Å². The van der Waals surface area contributed by atoms with Crippen molar-refractivity contribution in [2.45, 2.75) is 0 Å². The molecular weight excluding hydrogens is 174 g/mol. The molecule has 70 valence electrons. The molecule has 4 heteroatoms. The largest absolute Gasteiger partial charge is 0.402 e. The van der Waals surface area contributed by atoms with Crippen LogP contribution in [-0.2, 0) is 0 Å². The van der Waals surface area contributed by atoms with Gasteiger partial charge in [-0.3, -0.25) is 0 Å². The normalized spacial score (nSPS) is 14.3. The van der Waals surface area contributed by atoms with Gasteiger partial charge in [0.2, 0.25) is 0 Å². The molecule has 0 unspecified atom stereocenters. The van der Waals surface area contributed by atoms with Crippen LogP contribution in [0.4, 0.5) is 8.78 Å². The first-order valence-corrected chi connectivity index (χ1v) is 3.49. The molecular formula is C9H10F2N2. The van der Waals surface area contributed by atoms with E-state index in [4.69, 9.17) is 11.1 Å². The summed E-state index contributed by atoms with van der Waals surface area (Å²) >= 11 is 0. The predicted molar refractivity (Wildman–Crippen MR) is 49.6 cm³/mol. The van der Waals surface area contributed by atoms with Gasteiger partial charge in [-0.25, -0.2) is 8.78 Å². The van der Waals surface area contributed by atoms with Crippen molar-refractivity contribution < 1.29 is 8.78 Å². The van der Waals surface area contributed by atoms with E-state index in [-0.39, 0.29) is 0 Å². The van der Waals surface area contributed by atoms with E-state index in [1.165, 1.54) is 18.2 Å². The Hall–Kier alpha value is -1.71. The van der Waals surface area contributed by atoms with Crippen LogP contribution in [0.2, 0.25) is 0 Å². The van der Waals surface area contributed by atoms with Crippen molar-refractivity contribution in [3.63, 3.8) is 0 Å². The number of hydrogen-bond acceptors (Lipinski definition) is 2. The lowest BCUT2D eigenvalue weighted by Gasteiger charge is -1.80. The molecule has 0 bridgehead atoms. The molecule has 3 N–H and O–H groups in total. The Kier molecular flexibility index (Phi) is 6.05. The monoisotopic (exact) mass is 184 g/mol. The van der Waals surface area contributed by atoms with Gasteiger partial charge in [-0.2, -0.15) is 0 Å². The molecule has 13 heavy (non-hydrogen) atoms.